The highest BCUT2D eigenvalue weighted by Gasteiger charge is 2.36. The van der Waals surface area contributed by atoms with Gasteiger partial charge in [-0.2, -0.15) is 13.2 Å². The van der Waals surface area contributed by atoms with Crippen LogP contribution in [0.1, 0.15) is 20.7 Å². The van der Waals surface area contributed by atoms with Crippen LogP contribution < -0.4 is 5.32 Å². The summed E-state index contributed by atoms with van der Waals surface area (Å²) < 4.78 is 41.8. The largest absolute Gasteiger partial charge is 0.454 e. The Labute approximate surface area is 168 Å². The predicted octanol–water partition coefficient (Wildman–Crippen LogP) is 4.26. The quantitative estimate of drug-likeness (QED) is 0.341. The molecule has 3 aromatic rings. The van der Waals surface area contributed by atoms with Gasteiger partial charge in [0.1, 0.15) is 0 Å². The van der Waals surface area contributed by atoms with Gasteiger partial charge < -0.3 is 15.0 Å². The number of Topliss-reactive ketones (excluding diaryl/α,β-unsaturated/α-hetero) is 1. The van der Waals surface area contributed by atoms with Crippen molar-refractivity contribution in [2.75, 3.05) is 11.9 Å². The molecule has 0 fully saturated rings. The number of benzene rings is 2. The third-order valence-electron chi connectivity index (χ3n) is 4.12. The molecule has 0 saturated carbocycles. The van der Waals surface area contributed by atoms with Crippen molar-refractivity contribution in [3.05, 3.63) is 78.1 Å². The van der Waals surface area contributed by atoms with Gasteiger partial charge >= 0.3 is 12.1 Å². The molecule has 0 unspecified atom stereocenters. The molecule has 0 saturated heterocycles. The summed E-state index contributed by atoms with van der Waals surface area (Å²) in [7, 11) is 0. The van der Waals surface area contributed by atoms with E-state index >= 15 is 0 Å². The summed E-state index contributed by atoms with van der Waals surface area (Å²) in [5, 5.41) is 3.14. The first-order valence-electron chi connectivity index (χ1n) is 8.67. The summed E-state index contributed by atoms with van der Waals surface area (Å²) in [5.74, 6) is -3.30. The average Bonchev–Trinajstić information content (AvgIpc) is 3.15. The molecule has 154 valence electrons. The highest BCUT2D eigenvalue weighted by Crippen LogP contribution is 2.20. The van der Waals surface area contributed by atoms with Crippen LogP contribution in [-0.4, -0.2) is 35.3 Å². The first kappa shape index (κ1) is 20.8. The number of aromatic nitrogens is 1. The summed E-state index contributed by atoms with van der Waals surface area (Å²) in [4.78, 5) is 38.6. The number of nitrogens with one attached hydrogen (secondary N) is 2. The van der Waals surface area contributed by atoms with Gasteiger partial charge in [0, 0.05) is 34.9 Å². The minimum atomic E-state index is -4.99. The standard InChI is InChI=1S/C21H15F3N2O4/c22-21(23,24)19(28)9-10-25-17-8-4-2-6-14(17)20(29)30-12-18(27)15-11-26-16-7-3-1-5-13(15)16/h1-11,25-26H,12H2/b10-9+. The van der Waals surface area contributed by atoms with E-state index in [0.29, 0.717) is 17.0 Å². The van der Waals surface area contributed by atoms with Gasteiger partial charge in [0.2, 0.25) is 5.78 Å². The number of allylic oxidation sites excluding steroid dienone is 1. The SMILES string of the molecule is O=C(OCC(=O)c1c[nH]c2ccccc12)c1ccccc1N/C=C/C(=O)C(F)(F)F. The Hall–Kier alpha value is -3.88. The van der Waals surface area contributed by atoms with Gasteiger partial charge in [-0.25, -0.2) is 4.79 Å². The molecule has 0 aliphatic rings. The Morgan fingerprint density at radius 3 is 2.47 bits per heavy atom. The number of carbonyl (C=O) groups is 3. The highest BCUT2D eigenvalue weighted by atomic mass is 19.4. The van der Waals surface area contributed by atoms with Crippen molar-refractivity contribution in [1.82, 2.24) is 4.98 Å². The molecular formula is C21H15F3N2O4. The number of anilines is 1. The minimum absolute atomic E-state index is 0.00617. The fourth-order valence-electron chi connectivity index (χ4n) is 2.68. The molecule has 30 heavy (non-hydrogen) atoms. The Morgan fingerprint density at radius 2 is 1.70 bits per heavy atom. The monoisotopic (exact) mass is 416 g/mol. The van der Waals surface area contributed by atoms with Crippen molar-refractivity contribution < 1.29 is 32.3 Å². The normalized spacial score (nSPS) is 11.6. The summed E-state index contributed by atoms with van der Waals surface area (Å²) in [6.07, 6.45) is -2.38. The van der Waals surface area contributed by atoms with Crippen LogP contribution in [0.4, 0.5) is 18.9 Å². The highest BCUT2D eigenvalue weighted by molar-refractivity contribution is 6.09. The second kappa shape index (κ2) is 8.64. The fraction of sp³-hybridized carbons (Fsp3) is 0.0952. The smallest absolute Gasteiger partial charge is 0.454 e. The zero-order valence-electron chi connectivity index (χ0n) is 15.3. The van der Waals surface area contributed by atoms with Gasteiger partial charge in [-0.15, -0.1) is 0 Å². The lowest BCUT2D eigenvalue weighted by Crippen LogP contribution is -2.20. The summed E-state index contributed by atoms with van der Waals surface area (Å²) >= 11 is 0. The van der Waals surface area contributed by atoms with Crippen molar-refractivity contribution in [2.45, 2.75) is 6.18 Å². The van der Waals surface area contributed by atoms with Gasteiger partial charge in [-0.05, 0) is 18.2 Å². The molecular weight excluding hydrogens is 401 g/mol. The van der Waals surface area contributed by atoms with Crippen molar-refractivity contribution in [3.63, 3.8) is 0 Å². The van der Waals surface area contributed by atoms with E-state index in [-0.39, 0.29) is 11.3 Å². The Kier molecular flexibility index (Phi) is 6.01. The molecule has 0 aliphatic carbocycles. The van der Waals surface area contributed by atoms with Gasteiger partial charge in [0.15, 0.2) is 6.61 Å². The molecule has 0 radical (unpaired) electrons. The summed E-state index contributed by atoms with van der Waals surface area (Å²) in [6.45, 7) is -0.516. The Bertz CT molecular complexity index is 1130. The number of alkyl halides is 3. The van der Waals surface area contributed by atoms with Gasteiger partial charge in [0.05, 0.1) is 11.3 Å². The topological polar surface area (TPSA) is 88.3 Å². The minimum Gasteiger partial charge on any atom is -0.454 e. The van der Waals surface area contributed by atoms with Crippen LogP contribution in [0.2, 0.25) is 0 Å². The number of hydrogen-bond acceptors (Lipinski definition) is 5. The number of halogens is 3. The molecule has 3 rings (SSSR count). The van der Waals surface area contributed by atoms with E-state index in [1.165, 1.54) is 30.5 Å². The molecule has 2 N–H and O–H groups in total. The molecule has 2 aromatic carbocycles. The average molecular weight is 416 g/mol. The second-order valence-electron chi connectivity index (χ2n) is 6.13. The van der Waals surface area contributed by atoms with E-state index < -0.39 is 30.3 Å². The number of aromatic amines is 1. The van der Waals surface area contributed by atoms with Gasteiger partial charge in [0.25, 0.3) is 5.78 Å². The van der Waals surface area contributed by atoms with Crippen LogP contribution in [-0.2, 0) is 9.53 Å². The first-order valence-corrected chi connectivity index (χ1v) is 8.67. The molecule has 0 atom stereocenters. The Balaban J connectivity index is 1.66. The molecule has 1 heterocycles. The van der Waals surface area contributed by atoms with E-state index in [9.17, 15) is 27.6 Å². The van der Waals surface area contributed by atoms with Crippen molar-refractivity contribution in [2.24, 2.45) is 0 Å². The van der Waals surface area contributed by atoms with Crippen molar-refractivity contribution in [1.29, 1.82) is 0 Å². The maximum atomic E-state index is 12.4. The van der Waals surface area contributed by atoms with Crippen LogP contribution >= 0.6 is 0 Å². The zero-order chi connectivity index (χ0) is 21.7. The van der Waals surface area contributed by atoms with Gasteiger partial charge in [-0.3, -0.25) is 9.59 Å². The number of carbonyl (C=O) groups excluding carboxylic acids is 3. The van der Waals surface area contributed by atoms with Gasteiger partial charge in [-0.1, -0.05) is 30.3 Å². The molecule has 6 nitrogen and oxygen atoms in total. The van der Waals surface area contributed by atoms with Crippen molar-refractivity contribution in [3.8, 4) is 0 Å². The van der Waals surface area contributed by atoms with E-state index in [4.69, 9.17) is 4.74 Å². The van der Waals surface area contributed by atoms with Crippen LogP contribution in [0.25, 0.3) is 10.9 Å². The van der Waals surface area contributed by atoms with E-state index in [1.54, 1.807) is 18.2 Å². The number of esters is 1. The molecule has 1 aromatic heterocycles. The number of ketones is 2. The van der Waals surface area contributed by atoms with Crippen molar-refractivity contribution >= 4 is 34.1 Å². The van der Waals surface area contributed by atoms with E-state index in [1.807, 2.05) is 6.07 Å². The number of para-hydroxylation sites is 2. The van der Waals surface area contributed by atoms with Crippen LogP contribution in [0, 0.1) is 0 Å². The number of H-pyrrole nitrogens is 1. The predicted molar refractivity (Wildman–Crippen MR) is 103 cm³/mol. The number of fused-ring (bicyclic) bond motifs is 1. The molecule has 0 amide bonds. The number of ether oxygens (including phenoxy) is 1. The summed E-state index contributed by atoms with van der Waals surface area (Å²) in [6, 6.07) is 13.0. The first-order chi connectivity index (χ1) is 14.3. The number of rotatable bonds is 7. The third kappa shape index (κ3) is 4.75. The molecule has 0 aliphatic heterocycles. The van der Waals surface area contributed by atoms with Crippen LogP contribution in [0.15, 0.2) is 67.0 Å². The zero-order valence-corrected chi connectivity index (χ0v) is 15.3. The van der Waals surface area contributed by atoms with E-state index in [0.717, 1.165) is 11.7 Å². The van der Waals surface area contributed by atoms with Crippen LogP contribution in [0.3, 0.4) is 0 Å². The number of hydrogen-bond donors (Lipinski definition) is 2. The lowest BCUT2D eigenvalue weighted by atomic mass is 10.1. The Morgan fingerprint density at radius 1 is 1.00 bits per heavy atom. The second-order valence-corrected chi connectivity index (χ2v) is 6.13. The van der Waals surface area contributed by atoms with Crippen LogP contribution in [0.5, 0.6) is 0 Å². The van der Waals surface area contributed by atoms with E-state index in [2.05, 4.69) is 10.3 Å². The maximum Gasteiger partial charge on any atom is 0.454 e. The third-order valence-corrected chi connectivity index (χ3v) is 4.12. The maximum absolute atomic E-state index is 12.4. The molecule has 0 bridgehead atoms. The lowest BCUT2D eigenvalue weighted by molar-refractivity contribution is -0.165. The molecule has 9 heteroatoms. The lowest BCUT2D eigenvalue weighted by Gasteiger charge is -2.09. The summed E-state index contributed by atoms with van der Waals surface area (Å²) in [5.41, 5.74) is 1.25. The molecule has 0 spiro atoms. The fourth-order valence-corrected chi connectivity index (χ4v) is 2.68.